The molecule has 0 atom stereocenters. The number of amides is 1. The van der Waals surface area contributed by atoms with E-state index in [1.54, 1.807) is 18.2 Å². The number of rotatable bonds is 8. The van der Waals surface area contributed by atoms with Crippen LogP contribution >= 0.6 is 11.8 Å². The third-order valence-corrected chi connectivity index (χ3v) is 4.53. The van der Waals surface area contributed by atoms with Crippen LogP contribution in [0.4, 0.5) is 0 Å². The van der Waals surface area contributed by atoms with E-state index in [0.717, 1.165) is 9.80 Å². The van der Waals surface area contributed by atoms with Crippen LogP contribution < -0.4 is 10.1 Å². The lowest BCUT2D eigenvalue weighted by Crippen LogP contribution is -2.29. The van der Waals surface area contributed by atoms with Gasteiger partial charge in [0, 0.05) is 9.80 Å². The number of hydrogen-bond acceptors (Lipinski definition) is 5. The number of fused-ring (bicyclic) bond motifs is 1. The summed E-state index contributed by atoms with van der Waals surface area (Å²) < 4.78 is 11.2. The molecule has 0 aliphatic carbocycles. The number of furan rings is 1. The fourth-order valence-electron chi connectivity index (χ4n) is 2.44. The number of ether oxygens (including phenoxy) is 1. The van der Waals surface area contributed by atoms with E-state index in [2.05, 4.69) is 11.9 Å². The Hall–Kier alpha value is -3.19. The van der Waals surface area contributed by atoms with Crippen molar-refractivity contribution >= 4 is 34.6 Å². The number of benzene rings is 2. The first-order valence-electron chi connectivity index (χ1n) is 8.08. The van der Waals surface area contributed by atoms with E-state index in [1.165, 1.54) is 18.0 Å². The lowest BCUT2D eigenvalue weighted by atomic mass is 10.1. The molecule has 1 amide bonds. The van der Waals surface area contributed by atoms with Gasteiger partial charge in [0.15, 0.2) is 0 Å². The van der Waals surface area contributed by atoms with Crippen LogP contribution in [-0.4, -0.2) is 30.1 Å². The summed E-state index contributed by atoms with van der Waals surface area (Å²) in [4.78, 5) is 24.9. The molecule has 0 aliphatic rings. The molecule has 0 fully saturated rings. The van der Waals surface area contributed by atoms with E-state index in [0.29, 0.717) is 16.7 Å². The van der Waals surface area contributed by atoms with Crippen LogP contribution in [0.15, 0.2) is 75.6 Å². The molecule has 0 aliphatic heterocycles. The number of carboxylic acids is 1. The van der Waals surface area contributed by atoms with E-state index >= 15 is 0 Å². The second-order valence-corrected chi connectivity index (χ2v) is 6.85. The molecule has 0 saturated heterocycles. The number of carbonyl (C=O) groups is 2. The Morgan fingerprint density at radius 3 is 2.67 bits per heavy atom. The summed E-state index contributed by atoms with van der Waals surface area (Å²) in [7, 11) is 0. The van der Waals surface area contributed by atoms with Gasteiger partial charge in [-0.3, -0.25) is 9.59 Å². The van der Waals surface area contributed by atoms with Gasteiger partial charge < -0.3 is 19.6 Å². The van der Waals surface area contributed by atoms with Crippen molar-refractivity contribution in [2.24, 2.45) is 0 Å². The van der Waals surface area contributed by atoms with E-state index < -0.39 is 18.4 Å². The zero-order valence-corrected chi connectivity index (χ0v) is 15.1. The van der Waals surface area contributed by atoms with Gasteiger partial charge in [0.2, 0.25) is 0 Å². The summed E-state index contributed by atoms with van der Waals surface area (Å²) in [5.74, 6) is -1.32. The molecular formula is C20H17NO5S. The van der Waals surface area contributed by atoms with Crippen LogP contribution in [0.3, 0.4) is 0 Å². The quantitative estimate of drug-likeness (QED) is 0.573. The second-order valence-electron chi connectivity index (χ2n) is 5.59. The minimum absolute atomic E-state index is 0.184. The standard InChI is InChI=1S/C20H17NO5S/c1-13(27-14-5-3-2-4-6-14)12-26-19-15-9-10-25-17(15)8-7-16(19)20(24)21-11-18(22)23/h2-10H,1,11-12H2,(H,21,24)(H,22,23). The summed E-state index contributed by atoms with van der Waals surface area (Å²) >= 11 is 1.48. The molecule has 0 radical (unpaired) electrons. The largest absolute Gasteiger partial charge is 0.487 e. The molecule has 27 heavy (non-hydrogen) atoms. The summed E-state index contributed by atoms with van der Waals surface area (Å²) in [5, 5.41) is 11.7. The zero-order valence-electron chi connectivity index (χ0n) is 14.3. The summed E-state index contributed by atoms with van der Waals surface area (Å²) in [5.41, 5.74) is 0.809. The van der Waals surface area contributed by atoms with Crippen molar-refractivity contribution in [2.75, 3.05) is 13.2 Å². The Bertz CT molecular complexity index is 980. The smallest absolute Gasteiger partial charge is 0.322 e. The summed E-state index contributed by atoms with van der Waals surface area (Å²) in [6, 6.07) is 14.6. The van der Waals surface area contributed by atoms with Gasteiger partial charge in [-0.15, -0.1) is 0 Å². The van der Waals surface area contributed by atoms with Crippen molar-refractivity contribution in [3.8, 4) is 5.75 Å². The minimum atomic E-state index is -1.12. The number of carbonyl (C=O) groups excluding carboxylic acids is 1. The molecule has 0 bridgehead atoms. The van der Waals surface area contributed by atoms with E-state index in [4.69, 9.17) is 14.3 Å². The number of thioether (sulfide) groups is 1. The van der Waals surface area contributed by atoms with Gasteiger partial charge in [0.25, 0.3) is 5.91 Å². The highest BCUT2D eigenvalue weighted by Gasteiger charge is 2.18. The monoisotopic (exact) mass is 383 g/mol. The first kappa shape index (κ1) is 18.6. The zero-order chi connectivity index (χ0) is 19.2. The Kier molecular flexibility index (Phi) is 5.83. The van der Waals surface area contributed by atoms with Crippen molar-refractivity contribution in [2.45, 2.75) is 4.90 Å². The Morgan fingerprint density at radius 1 is 1.15 bits per heavy atom. The van der Waals surface area contributed by atoms with Crippen LogP contribution in [0.1, 0.15) is 10.4 Å². The summed E-state index contributed by atoms with van der Waals surface area (Å²) in [6.45, 7) is 3.71. The maximum atomic E-state index is 12.4. The van der Waals surface area contributed by atoms with Gasteiger partial charge >= 0.3 is 5.97 Å². The average Bonchev–Trinajstić information content (AvgIpc) is 3.14. The van der Waals surface area contributed by atoms with Gasteiger partial charge in [-0.2, -0.15) is 0 Å². The second kappa shape index (κ2) is 8.46. The number of hydrogen-bond donors (Lipinski definition) is 2. The molecule has 6 nitrogen and oxygen atoms in total. The van der Waals surface area contributed by atoms with Crippen LogP contribution in [-0.2, 0) is 4.79 Å². The molecule has 138 valence electrons. The first-order chi connectivity index (χ1) is 13.0. The van der Waals surface area contributed by atoms with Crippen molar-refractivity contribution in [1.29, 1.82) is 0 Å². The molecule has 7 heteroatoms. The molecule has 2 aromatic carbocycles. The fourth-order valence-corrected chi connectivity index (χ4v) is 3.18. The van der Waals surface area contributed by atoms with E-state index in [9.17, 15) is 9.59 Å². The minimum Gasteiger partial charge on any atom is -0.487 e. The molecular weight excluding hydrogens is 366 g/mol. The third-order valence-electron chi connectivity index (χ3n) is 3.61. The maximum absolute atomic E-state index is 12.4. The molecule has 0 spiro atoms. The lowest BCUT2D eigenvalue weighted by molar-refractivity contribution is -0.135. The molecule has 3 aromatic rings. The predicted octanol–water partition coefficient (Wildman–Crippen LogP) is 3.93. The van der Waals surface area contributed by atoms with Crippen molar-refractivity contribution in [3.63, 3.8) is 0 Å². The van der Waals surface area contributed by atoms with Crippen LogP contribution in [0.2, 0.25) is 0 Å². The van der Waals surface area contributed by atoms with Gasteiger partial charge in [-0.1, -0.05) is 36.5 Å². The van der Waals surface area contributed by atoms with Gasteiger partial charge in [-0.25, -0.2) is 0 Å². The van der Waals surface area contributed by atoms with Crippen molar-refractivity contribution in [3.05, 3.63) is 71.8 Å². The number of aliphatic carboxylic acids is 1. The lowest BCUT2D eigenvalue weighted by Gasteiger charge is -2.13. The topological polar surface area (TPSA) is 88.8 Å². The molecule has 3 rings (SSSR count). The predicted molar refractivity (Wildman–Crippen MR) is 103 cm³/mol. The van der Waals surface area contributed by atoms with Crippen LogP contribution in [0, 0.1) is 0 Å². The third kappa shape index (κ3) is 4.71. The molecule has 1 heterocycles. The van der Waals surface area contributed by atoms with E-state index in [-0.39, 0.29) is 12.2 Å². The highest BCUT2D eigenvalue weighted by Crippen LogP contribution is 2.32. The van der Waals surface area contributed by atoms with Gasteiger partial charge in [-0.05, 0) is 30.3 Å². The fraction of sp³-hybridized carbons (Fsp3) is 0.100. The number of carboxylic acid groups (broad SMARTS) is 1. The molecule has 2 N–H and O–H groups in total. The Labute approximate surface area is 159 Å². The van der Waals surface area contributed by atoms with Gasteiger partial charge in [0.1, 0.15) is 24.5 Å². The van der Waals surface area contributed by atoms with Crippen LogP contribution in [0.5, 0.6) is 5.75 Å². The SMILES string of the molecule is C=C(COc1c(C(=O)NCC(=O)O)ccc2occc12)Sc1ccccc1. The molecule has 1 aromatic heterocycles. The van der Waals surface area contributed by atoms with Gasteiger partial charge in [0.05, 0.1) is 17.2 Å². The Balaban J connectivity index is 1.78. The average molecular weight is 383 g/mol. The summed E-state index contributed by atoms with van der Waals surface area (Å²) in [6.07, 6.45) is 1.50. The number of nitrogens with one attached hydrogen (secondary N) is 1. The van der Waals surface area contributed by atoms with Crippen LogP contribution in [0.25, 0.3) is 11.0 Å². The van der Waals surface area contributed by atoms with Crippen molar-refractivity contribution in [1.82, 2.24) is 5.32 Å². The highest BCUT2D eigenvalue weighted by atomic mass is 32.2. The molecule has 0 saturated carbocycles. The highest BCUT2D eigenvalue weighted by molar-refractivity contribution is 8.03. The first-order valence-corrected chi connectivity index (χ1v) is 8.90. The maximum Gasteiger partial charge on any atom is 0.322 e. The molecule has 0 unspecified atom stereocenters. The van der Waals surface area contributed by atoms with E-state index in [1.807, 2.05) is 30.3 Å². The Morgan fingerprint density at radius 2 is 1.93 bits per heavy atom. The normalized spacial score (nSPS) is 10.5. The van der Waals surface area contributed by atoms with Crippen molar-refractivity contribution < 1.29 is 23.8 Å².